The second-order valence-corrected chi connectivity index (χ2v) is 8.58. The molecular formula is C25H30FN3O3. The molecule has 2 aromatic carbocycles. The lowest BCUT2D eigenvalue weighted by molar-refractivity contribution is -0.131. The summed E-state index contributed by atoms with van der Waals surface area (Å²) in [5.74, 6) is 0.309. The molecule has 2 amide bonds. The third kappa shape index (κ3) is 5.27. The van der Waals surface area contributed by atoms with Gasteiger partial charge in [0.25, 0.3) is 5.91 Å². The van der Waals surface area contributed by atoms with Gasteiger partial charge < -0.3 is 15.0 Å². The molecule has 0 radical (unpaired) electrons. The predicted molar refractivity (Wildman–Crippen MR) is 120 cm³/mol. The summed E-state index contributed by atoms with van der Waals surface area (Å²) in [4.78, 5) is 27.6. The number of rotatable bonds is 7. The average Bonchev–Trinajstić information content (AvgIpc) is 2.82. The Morgan fingerprint density at radius 3 is 2.53 bits per heavy atom. The maximum absolute atomic E-state index is 13.4. The summed E-state index contributed by atoms with van der Waals surface area (Å²) in [7, 11) is 1.63. The van der Waals surface area contributed by atoms with Crippen LogP contribution in [0.4, 0.5) is 4.39 Å². The van der Waals surface area contributed by atoms with Gasteiger partial charge in [-0.25, -0.2) is 4.39 Å². The number of fused-ring (bicyclic) bond motifs is 1. The van der Waals surface area contributed by atoms with Crippen LogP contribution in [0.25, 0.3) is 0 Å². The third-order valence-electron chi connectivity index (χ3n) is 6.45. The number of methoxy groups -OCH3 is 1. The van der Waals surface area contributed by atoms with Crippen molar-refractivity contribution in [2.45, 2.75) is 44.3 Å². The minimum atomic E-state index is -0.379. The van der Waals surface area contributed by atoms with Gasteiger partial charge in [-0.05, 0) is 61.2 Å². The van der Waals surface area contributed by atoms with E-state index in [9.17, 15) is 14.0 Å². The Morgan fingerprint density at radius 2 is 1.81 bits per heavy atom. The predicted octanol–water partition coefficient (Wildman–Crippen LogP) is 3.12. The van der Waals surface area contributed by atoms with Crippen molar-refractivity contribution in [2.75, 3.05) is 20.2 Å². The second-order valence-electron chi connectivity index (χ2n) is 8.58. The number of ether oxygens (including phenoxy) is 1. The SMILES string of the molecule is COc1ccc(CCN(CC2NC(=O)C3CCCCC3N2)C(=O)c2ccc(F)cc2)cc1. The van der Waals surface area contributed by atoms with E-state index in [0.717, 1.165) is 37.0 Å². The zero-order chi connectivity index (χ0) is 22.5. The van der Waals surface area contributed by atoms with Crippen LogP contribution in [0, 0.1) is 11.7 Å². The Morgan fingerprint density at radius 1 is 1.09 bits per heavy atom. The second kappa shape index (κ2) is 10.1. The van der Waals surface area contributed by atoms with Crippen molar-refractivity contribution < 1.29 is 18.7 Å². The maximum Gasteiger partial charge on any atom is 0.253 e. The molecule has 0 spiro atoms. The highest BCUT2D eigenvalue weighted by Crippen LogP contribution is 2.27. The number of benzene rings is 2. The number of carbonyl (C=O) groups excluding carboxylic acids is 2. The molecule has 1 saturated carbocycles. The first-order valence-electron chi connectivity index (χ1n) is 11.3. The van der Waals surface area contributed by atoms with Crippen LogP contribution in [0.2, 0.25) is 0 Å². The van der Waals surface area contributed by atoms with Gasteiger partial charge in [-0.3, -0.25) is 14.9 Å². The van der Waals surface area contributed by atoms with E-state index < -0.39 is 0 Å². The Kier molecular flexibility index (Phi) is 7.05. The molecule has 32 heavy (non-hydrogen) atoms. The summed E-state index contributed by atoms with van der Waals surface area (Å²) in [5.41, 5.74) is 1.51. The standard InChI is InChI=1S/C25H30FN3O3/c1-32-20-12-6-17(7-13-20)14-15-29(25(31)18-8-10-19(26)11-9-18)16-23-27-22-5-3-2-4-21(22)24(30)28-23/h6-13,21-23,27H,2-5,14-16H2,1H3,(H,28,30). The lowest BCUT2D eigenvalue weighted by atomic mass is 9.82. The van der Waals surface area contributed by atoms with Crippen LogP contribution in [0.3, 0.4) is 0 Å². The molecule has 3 unspecified atom stereocenters. The monoisotopic (exact) mass is 439 g/mol. The van der Waals surface area contributed by atoms with Crippen LogP contribution in [-0.4, -0.2) is 49.1 Å². The summed E-state index contributed by atoms with van der Waals surface area (Å²) in [6.45, 7) is 0.825. The number of carbonyl (C=O) groups is 2. The molecule has 0 bridgehead atoms. The van der Waals surface area contributed by atoms with E-state index in [2.05, 4.69) is 10.6 Å². The highest BCUT2D eigenvalue weighted by Gasteiger charge is 2.38. The molecule has 2 N–H and O–H groups in total. The van der Waals surface area contributed by atoms with Crippen molar-refractivity contribution in [3.63, 3.8) is 0 Å². The number of nitrogens with zero attached hydrogens (tertiary/aromatic N) is 1. The van der Waals surface area contributed by atoms with Crippen LogP contribution in [-0.2, 0) is 11.2 Å². The van der Waals surface area contributed by atoms with Crippen molar-refractivity contribution in [1.82, 2.24) is 15.5 Å². The van der Waals surface area contributed by atoms with E-state index in [0.29, 0.717) is 25.1 Å². The lowest BCUT2D eigenvalue weighted by Gasteiger charge is -2.41. The minimum absolute atomic E-state index is 0.0144. The molecule has 1 aliphatic carbocycles. The van der Waals surface area contributed by atoms with Gasteiger partial charge in [-0.1, -0.05) is 25.0 Å². The van der Waals surface area contributed by atoms with Crippen molar-refractivity contribution in [3.05, 3.63) is 65.5 Å². The largest absolute Gasteiger partial charge is 0.497 e. The van der Waals surface area contributed by atoms with E-state index in [-0.39, 0.29) is 35.8 Å². The van der Waals surface area contributed by atoms with Crippen LogP contribution >= 0.6 is 0 Å². The zero-order valence-electron chi connectivity index (χ0n) is 18.4. The quantitative estimate of drug-likeness (QED) is 0.696. The molecule has 3 atom stereocenters. The van der Waals surface area contributed by atoms with E-state index >= 15 is 0 Å². The smallest absolute Gasteiger partial charge is 0.253 e. The van der Waals surface area contributed by atoms with Crippen LogP contribution in [0.15, 0.2) is 48.5 Å². The molecule has 2 fully saturated rings. The molecule has 1 saturated heterocycles. The Bertz CT molecular complexity index is 932. The van der Waals surface area contributed by atoms with Gasteiger partial charge in [0, 0.05) is 18.2 Å². The highest BCUT2D eigenvalue weighted by molar-refractivity contribution is 5.94. The molecule has 170 valence electrons. The summed E-state index contributed by atoms with van der Waals surface area (Å²) in [6.07, 6.45) is 4.44. The van der Waals surface area contributed by atoms with E-state index in [4.69, 9.17) is 4.74 Å². The molecular weight excluding hydrogens is 409 g/mol. The zero-order valence-corrected chi connectivity index (χ0v) is 18.4. The molecule has 2 aromatic rings. The Labute approximate surface area is 188 Å². The molecule has 7 heteroatoms. The van der Waals surface area contributed by atoms with Gasteiger partial charge in [-0.15, -0.1) is 0 Å². The summed E-state index contributed by atoms with van der Waals surface area (Å²) < 4.78 is 18.6. The van der Waals surface area contributed by atoms with E-state index in [1.54, 1.807) is 12.0 Å². The number of amides is 2. The van der Waals surface area contributed by atoms with Gasteiger partial charge in [0.15, 0.2) is 0 Å². The molecule has 6 nitrogen and oxygen atoms in total. The summed E-state index contributed by atoms with van der Waals surface area (Å²) in [5, 5.41) is 6.60. The molecule has 4 rings (SSSR count). The lowest BCUT2D eigenvalue weighted by Crippen LogP contribution is -2.65. The molecule has 1 heterocycles. The number of halogens is 1. The highest BCUT2D eigenvalue weighted by atomic mass is 19.1. The summed E-state index contributed by atoms with van der Waals surface area (Å²) >= 11 is 0. The fourth-order valence-corrected chi connectivity index (χ4v) is 4.65. The topological polar surface area (TPSA) is 70.7 Å². The Hall–Kier alpha value is -2.93. The van der Waals surface area contributed by atoms with Crippen LogP contribution in [0.1, 0.15) is 41.6 Å². The number of nitrogens with one attached hydrogen (secondary N) is 2. The summed E-state index contributed by atoms with van der Waals surface area (Å²) in [6, 6.07) is 13.5. The van der Waals surface area contributed by atoms with Crippen LogP contribution in [0.5, 0.6) is 5.75 Å². The van der Waals surface area contributed by atoms with Crippen LogP contribution < -0.4 is 15.4 Å². The first-order chi connectivity index (χ1) is 15.5. The van der Waals surface area contributed by atoms with Gasteiger partial charge in [0.05, 0.1) is 25.7 Å². The van der Waals surface area contributed by atoms with E-state index in [1.165, 1.54) is 24.3 Å². The molecule has 2 aliphatic rings. The molecule has 0 aromatic heterocycles. The average molecular weight is 440 g/mol. The van der Waals surface area contributed by atoms with Gasteiger partial charge in [0.1, 0.15) is 11.6 Å². The number of hydrogen-bond donors (Lipinski definition) is 2. The fraction of sp³-hybridized carbons (Fsp3) is 0.440. The van der Waals surface area contributed by atoms with Crippen molar-refractivity contribution in [3.8, 4) is 5.75 Å². The van der Waals surface area contributed by atoms with Crippen molar-refractivity contribution in [2.24, 2.45) is 5.92 Å². The van der Waals surface area contributed by atoms with Crippen molar-refractivity contribution in [1.29, 1.82) is 0 Å². The van der Waals surface area contributed by atoms with Gasteiger partial charge in [0.2, 0.25) is 5.91 Å². The first-order valence-corrected chi connectivity index (χ1v) is 11.3. The van der Waals surface area contributed by atoms with E-state index in [1.807, 2.05) is 24.3 Å². The maximum atomic E-state index is 13.4. The normalized spacial score (nSPS) is 22.6. The molecule has 1 aliphatic heterocycles. The fourth-order valence-electron chi connectivity index (χ4n) is 4.65. The van der Waals surface area contributed by atoms with Crippen molar-refractivity contribution >= 4 is 11.8 Å². The van der Waals surface area contributed by atoms with Gasteiger partial charge >= 0.3 is 0 Å². The third-order valence-corrected chi connectivity index (χ3v) is 6.45. The first kappa shape index (κ1) is 22.3. The van der Waals surface area contributed by atoms with Gasteiger partial charge in [-0.2, -0.15) is 0 Å². The Balaban J connectivity index is 1.47. The minimum Gasteiger partial charge on any atom is -0.497 e. The number of hydrogen-bond acceptors (Lipinski definition) is 4.